The zero-order valence-corrected chi connectivity index (χ0v) is 19.1. The van der Waals surface area contributed by atoms with Crippen molar-refractivity contribution in [1.29, 1.82) is 0 Å². The number of amides is 2. The summed E-state index contributed by atoms with van der Waals surface area (Å²) < 4.78 is 7.52. The van der Waals surface area contributed by atoms with Gasteiger partial charge in [-0.3, -0.25) is 4.57 Å². The number of imidazole rings is 1. The average Bonchev–Trinajstić information content (AvgIpc) is 3.36. The van der Waals surface area contributed by atoms with Crippen LogP contribution in [0.2, 0.25) is 0 Å². The standard InChI is InChI=1S/C22H30N8O4/c1-13-4-6-14(7-5-13)28-22(33)24-8-3-9-29(2)10-15-17(31)18(32)21(34-15)30-12-27-16-19(23)25-11-26-20(16)30/h4-7,11-12,15,17-18,21,31-32H,3,8-10H2,1-2H3,(H2,23,25,26)(H2,24,28,33)/t15-,17-,18-,21-/m1/s1. The zero-order chi connectivity index (χ0) is 24.2. The van der Waals surface area contributed by atoms with E-state index >= 15 is 0 Å². The fourth-order valence-corrected chi connectivity index (χ4v) is 3.93. The third-order valence-electron chi connectivity index (χ3n) is 5.80. The molecule has 2 amide bonds. The summed E-state index contributed by atoms with van der Waals surface area (Å²) in [6, 6.07) is 7.31. The summed E-state index contributed by atoms with van der Waals surface area (Å²) in [6.07, 6.45) is -0.209. The van der Waals surface area contributed by atoms with Crippen LogP contribution in [0.1, 0.15) is 18.2 Å². The van der Waals surface area contributed by atoms with Gasteiger partial charge in [-0.15, -0.1) is 0 Å². The molecule has 3 aromatic rings. The fourth-order valence-electron chi connectivity index (χ4n) is 3.93. The number of carbonyl (C=O) groups excluding carboxylic acids is 1. The Morgan fingerprint density at radius 3 is 2.74 bits per heavy atom. The first-order valence-corrected chi connectivity index (χ1v) is 11.1. The average molecular weight is 471 g/mol. The van der Waals surface area contributed by atoms with Gasteiger partial charge in [0.05, 0.1) is 6.33 Å². The molecule has 0 bridgehead atoms. The van der Waals surface area contributed by atoms with E-state index in [1.807, 2.05) is 43.1 Å². The second kappa shape index (κ2) is 10.3. The van der Waals surface area contributed by atoms with E-state index in [1.165, 1.54) is 12.7 Å². The number of aliphatic hydroxyl groups is 2. The fraction of sp³-hybridized carbons (Fsp3) is 0.455. The molecule has 2 aromatic heterocycles. The molecule has 1 aliphatic heterocycles. The van der Waals surface area contributed by atoms with Crippen LogP contribution in [0.5, 0.6) is 0 Å². The maximum absolute atomic E-state index is 12.0. The highest BCUT2D eigenvalue weighted by atomic mass is 16.6. The van der Waals surface area contributed by atoms with Crippen LogP contribution in [0.15, 0.2) is 36.9 Å². The second-order valence-corrected chi connectivity index (χ2v) is 8.49. The summed E-state index contributed by atoms with van der Waals surface area (Å²) in [7, 11) is 1.89. The van der Waals surface area contributed by atoms with Crippen LogP contribution in [-0.4, -0.2) is 85.7 Å². The van der Waals surface area contributed by atoms with Gasteiger partial charge < -0.3 is 36.2 Å². The van der Waals surface area contributed by atoms with Crippen LogP contribution in [0, 0.1) is 6.92 Å². The number of nitrogen functional groups attached to an aromatic ring is 1. The molecule has 1 aromatic carbocycles. The Morgan fingerprint density at radius 1 is 1.21 bits per heavy atom. The minimum atomic E-state index is -1.15. The largest absolute Gasteiger partial charge is 0.387 e. The SMILES string of the molecule is Cc1ccc(NC(=O)NCCCN(C)C[C@H]2O[C@@H](n3cnc4c(N)ncnc43)[C@H](O)[C@@H]2O)cc1. The number of fused-ring (bicyclic) bond motifs is 1. The highest BCUT2D eigenvalue weighted by Gasteiger charge is 2.44. The lowest BCUT2D eigenvalue weighted by Gasteiger charge is -2.22. The minimum Gasteiger partial charge on any atom is -0.387 e. The molecule has 0 radical (unpaired) electrons. The van der Waals surface area contributed by atoms with Crippen LogP contribution in [0.4, 0.5) is 16.3 Å². The van der Waals surface area contributed by atoms with Gasteiger partial charge in [-0.1, -0.05) is 17.7 Å². The van der Waals surface area contributed by atoms with Crippen molar-refractivity contribution in [3.8, 4) is 0 Å². The Bertz CT molecular complexity index is 1120. The summed E-state index contributed by atoms with van der Waals surface area (Å²) in [5.41, 5.74) is 8.52. The minimum absolute atomic E-state index is 0.231. The number of carbonyl (C=O) groups is 1. The number of ether oxygens (including phenoxy) is 1. The maximum Gasteiger partial charge on any atom is 0.319 e. The molecule has 182 valence electrons. The monoisotopic (exact) mass is 470 g/mol. The maximum atomic E-state index is 12.0. The number of likely N-dealkylation sites (N-methyl/N-ethyl adjacent to an activating group) is 1. The van der Waals surface area contributed by atoms with Crippen LogP contribution in [0.3, 0.4) is 0 Å². The number of benzene rings is 1. The highest BCUT2D eigenvalue weighted by molar-refractivity contribution is 5.89. The van der Waals surface area contributed by atoms with E-state index in [-0.39, 0.29) is 11.8 Å². The number of nitrogens with one attached hydrogen (secondary N) is 2. The molecule has 3 heterocycles. The second-order valence-electron chi connectivity index (χ2n) is 8.49. The van der Waals surface area contributed by atoms with Crippen LogP contribution >= 0.6 is 0 Å². The van der Waals surface area contributed by atoms with Gasteiger partial charge in [0.1, 0.15) is 30.2 Å². The first-order valence-electron chi connectivity index (χ1n) is 11.1. The summed E-state index contributed by atoms with van der Waals surface area (Å²) in [4.78, 5) is 26.3. The van der Waals surface area contributed by atoms with Gasteiger partial charge in [-0.2, -0.15) is 0 Å². The third kappa shape index (κ3) is 5.25. The lowest BCUT2D eigenvalue weighted by Crippen LogP contribution is -2.39. The lowest BCUT2D eigenvalue weighted by molar-refractivity contribution is -0.0421. The summed E-state index contributed by atoms with van der Waals surface area (Å²) in [5, 5.41) is 26.7. The lowest BCUT2D eigenvalue weighted by atomic mass is 10.1. The number of nitrogens with zero attached hydrogens (tertiary/aromatic N) is 5. The van der Waals surface area contributed by atoms with Gasteiger partial charge in [0.2, 0.25) is 0 Å². The first kappa shape index (κ1) is 23.8. The van der Waals surface area contributed by atoms with Crippen molar-refractivity contribution in [2.24, 2.45) is 0 Å². The van der Waals surface area contributed by atoms with E-state index in [4.69, 9.17) is 10.5 Å². The molecule has 1 aliphatic rings. The normalized spacial score (nSPS) is 22.4. The Morgan fingerprint density at radius 2 is 1.97 bits per heavy atom. The summed E-state index contributed by atoms with van der Waals surface area (Å²) in [6.45, 7) is 3.54. The smallest absolute Gasteiger partial charge is 0.319 e. The van der Waals surface area contributed by atoms with Gasteiger partial charge in [-0.25, -0.2) is 19.7 Å². The number of aromatic nitrogens is 4. The Kier molecular flexibility index (Phi) is 7.22. The van der Waals surface area contributed by atoms with Gasteiger partial charge in [0.25, 0.3) is 0 Å². The molecule has 34 heavy (non-hydrogen) atoms. The molecule has 4 atom stereocenters. The number of rotatable bonds is 8. The molecule has 1 saturated heterocycles. The van der Waals surface area contributed by atoms with E-state index in [2.05, 4.69) is 25.6 Å². The number of anilines is 2. The molecule has 0 unspecified atom stereocenters. The molecule has 0 spiro atoms. The molecule has 12 heteroatoms. The molecule has 0 aliphatic carbocycles. The predicted octanol–water partition coefficient (Wildman–Crippen LogP) is 0.480. The molecule has 1 fully saturated rings. The van der Waals surface area contributed by atoms with Gasteiger partial charge in [-0.05, 0) is 39.1 Å². The molecule has 6 N–H and O–H groups in total. The topological polar surface area (TPSA) is 164 Å². The Labute approximate surface area is 196 Å². The zero-order valence-electron chi connectivity index (χ0n) is 19.1. The van der Waals surface area contributed by atoms with E-state index in [9.17, 15) is 15.0 Å². The van der Waals surface area contributed by atoms with E-state index in [0.29, 0.717) is 37.2 Å². The van der Waals surface area contributed by atoms with Crippen molar-refractivity contribution in [2.45, 2.75) is 37.9 Å². The number of urea groups is 1. The van der Waals surface area contributed by atoms with Crippen LogP contribution in [0.25, 0.3) is 11.2 Å². The van der Waals surface area contributed by atoms with Crippen molar-refractivity contribution in [2.75, 3.05) is 37.7 Å². The van der Waals surface area contributed by atoms with Crippen molar-refractivity contribution >= 4 is 28.7 Å². The first-order chi connectivity index (χ1) is 16.3. The van der Waals surface area contributed by atoms with E-state index in [0.717, 1.165) is 11.3 Å². The predicted molar refractivity (Wildman–Crippen MR) is 126 cm³/mol. The quantitative estimate of drug-likeness (QED) is 0.295. The number of aliphatic hydroxyl groups excluding tert-OH is 2. The number of hydrogen-bond donors (Lipinski definition) is 5. The summed E-state index contributed by atoms with van der Waals surface area (Å²) >= 11 is 0. The van der Waals surface area contributed by atoms with E-state index in [1.54, 1.807) is 4.57 Å². The number of aryl methyl sites for hydroxylation is 1. The van der Waals surface area contributed by atoms with Gasteiger partial charge in [0.15, 0.2) is 17.7 Å². The Hall–Kier alpha value is -3.32. The molecule has 12 nitrogen and oxygen atoms in total. The summed E-state index contributed by atoms with van der Waals surface area (Å²) in [5.74, 6) is 0.231. The number of nitrogens with two attached hydrogens (primary N) is 1. The molecule has 0 saturated carbocycles. The third-order valence-corrected chi connectivity index (χ3v) is 5.80. The van der Waals surface area contributed by atoms with Crippen molar-refractivity contribution in [3.05, 3.63) is 42.5 Å². The van der Waals surface area contributed by atoms with E-state index < -0.39 is 24.5 Å². The van der Waals surface area contributed by atoms with Crippen molar-refractivity contribution in [3.63, 3.8) is 0 Å². The van der Waals surface area contributed by atoms with Crippen molar-refractivity contribution < 1.29 is 19.7 Å². The molecular weight excluding hydrogens is 440 g/mol. The Balaban J connectivity index is 1.24. The van der Waals surface area contributed by atoms with Gasteiger partial charge >= 0.3 is 6.03 Å². The van der Waals surface area contributed by atoms with Gasteiger partial charge in [0, 0.05) is 18.8 Å². The van der Waals surface area contributed by atoms with Crippen molar-refractivity contribution in [1.82, 2.24) is 29.7 Å². The highest BCUT2D eigenvalue weighted by Crippen LogP contribution is 2.32. The molecule has 4 rings (SSSR count). The molecular formula is C22H30N8O4. The van der Waals surface area contributed by atoms with Crippen LogP contribution in [-0.2, 0) is 4.74 Å². The van der Waals surface area contributed by atoms with Crippen LogP contribution < -0.4 is 16.4 Å². The number of hydrogen-bond acceptors (Lipinski definition) is 9.